The van der Waals surface area contributed by atoms with Crippen LogP contribution in [-0.2, 0) is 0 Å². The van der Waals surface area contributed by atoms with E-state index in [0.29, 0.717) is 6.54 Å². The second kappa shape index (κ2) is 9.44. The van der Waals surface area contributed by atoms with Crippen molar-refractivity contribution < 1.29 is 20.4 Å². The van der Waals surface area contributed by atoms with E-state index in [9.17, 15) is 15.3 Å². The third-order valence-corrected chi connectivity index (χ3v) is 3.09. The number of hydrogen-bond donors (Lipinski definition) is 5. The Labute approximate surface area is 124 Å². The van der Waals surface area contributed by atoms with Gasteiger partial charge in [-0.2, -0.15) is 0 Å². The van der Waals surface area contributed by atoms with Crippen molar-refractivity contribution in [2.24, 2.45) is 0 Å². The molecule has 5 nitrogen and oxygen atoms in total. The Hall–Kier alpha value is -1.50. The zero-order valence-electron chi connectivity index (χ0n) is 11.8. The Balaban J connectivity index is 2.79. The minimum atomic E-state index is -1.45. The Morgan fingerprint density at radius 1 is 1.10 bits per heavy atom. The highest BCUT2D eigenvalue weighted by atomic mass is 16.4. The Kier molecular flexibility index (Phi) is 7.89. The van der Waals surface area contributed by atoms with Gasteiger partial charge in [0, 0.05) is 6.54 Å². The van der Waals surface area contributed by atoms with Crippen molar-refractivity contribution in [2.75, 3.05) is 13.2 Å². The van der Waals surface area contributed by atoms with Gasteiger partial charge in [0.1, 0.15) is 18.3 Å². The van der Waals surface area contributed by atoms with Crippen LogP contribution in [0.1, 0.15) is 5.56 Å². The van der Waals surface area contributed by atoms with Crippen LogP contribution in [0.5, 0.6) is 0 Å². The molecule has 0 amide bonds. The van der Waals surface area contributed by atoms with Gasteiger partial charge in [-0.15, -0.1) is 6.58 Å². The smallest absolute Gasteiger partial charge is 0.110 e. The molecule has 5 N–H and O–H groups in total. The predicted octanol–water partition coefficient (Wildman–Crippen LogP) is -0.0810. The summed E-state index contributed by atoms with van der Waals surface area (Å²) in [5.41, 5.74) is 0.951. The number of hydrogen-bond acceptors (Lipinski definition) is 5. The van der Waals surface area contributed by atoms with E-state index < -0.39 is 31.0 Å². The van der Waals surface area contributed by atoms with Gasteiger partial charge in [0.05, 0.1) is 12.6 Å². The molecule has 0 aromatic heterocycles. The Morgan fingerprint density at radius 2 is 1.76 bits per heavy atom. The molecule has 0 unspecified atom stereocenters. The maximum absolute atomic E-state index is 10.1. The first-order valence-corrected chi connectivity index (χ1v) is 6.82. The molecule has 0 aliphatic carbocycles. The molecular formula is C16H23NO4. The van der Waals surface area contributed by atoms with Gasteiger partial charge in [-0.05, 0) is 5.56 Å². The van der Waals surface area contributed by atoms with Crippen molar-refractivity contribution in [2.45, 2.75) is 24.4 Å². The van der Waals surface area contributed by atoms with Crippen LogP contribution in [0.4, 0.5) is 0 Å². The monoisotopic (exact) mass is 293 g/mol. The van der Waals surface area contributed by atoms with Crippen LogP contribution in [0.2, 0.25) is 0 Å². The molecular weight excluding hydrogens is 270 g/mol. The van der Waals surface area contributed by atoms with Crippen LogP contribution in [-0.4, -0.2) is 57.9 Å². The maximum Gasteiger partial charge on any atom is 0.110 e. The average Bonchev–Trinajstić information content (AvgIpc) is 2.53. The first-order chi connectivity index (χ1) is 10.1. The van der Waals surface area contributed by atoms with E-state index in [4.69, 9.17) is 5.11 Å². The molecule has 0 aliphatic heterocycles. The fourth-order valence-electron chi connectivity index (χ4n) is 1.85. The summed E-state index contributed by atoms with van der Waals surface area (Å²) in [6, 6.07) is 8.93. The lowest BCUT2D eigenvalue weighted by molar-refractivity contribution is -0.0818. The quantitative estimate of drug-likeness (QED) is 0.411. The van der Waals surface area contributed by atoms with Gasteiger partial charge in [-0.25, -0.2) is 0 Å². The molecule has 1 rings (SSSR count). The van der Waals surface area contributed by atoms with E-state index in [1.165, 1.54) is 0 Å². The number of rotatable bonds is 9. The van der Waals surface area contributed by atoms with Gasteiger partial charge >= 0.3 is 0 Å². The van der Waals surface area contributed by atoms with Crippen molar-refractivity contribution in [3.63, 3.8) is 0 Å². The molecule has 0 heterocycles. The highest BCUT2D eigenvalue weighted by molar-refractivity contribution is 5.49. The van der Waals surface area contributed by atoms with E-state index in [2.05, 4.69) is 11.9 Å². The van der Waals surface area contributed by atoms with E-state index in [1.54, 1.807) is 12.2 Å². The molecule has 0 saturated heterocycles. The lowest BCUT2D eigenvalue weighted by Gasteiger charge is -2.27. The van der Waals surface area contributed by atoms with E-state index >= 15 is 0 Å². The average molecular weight is 293 g/mol. The van der Waals surface area contributed by atoms with Crippen molar-refractivity contribution in [3.05, 3.63) is 54.6 Å². The molecule has 0 spiro atoms. The summed E-state index contributed by atoms with van der Waals surface area (Å²) < 4.78 is 0. The maximum atomic E-state index is 10.1. The lowest BCUT2D eigenvalue weighted by atomic mass is 10.00. The van der Waals surface area contributed by atoms with Gasteiger partial charge in [0.2, 0.25) is 0 Å². The highest BCUT2D eigenvalue weighted by Crippen LogP contribution is 2.09. The third-order valence-electron chi connectivity index (χ3n) is 3.09. The summed E-state index contributed by atoms with van der Waals surface area (Å²) in [4.78, 5) is 0. The van der Waals surface area contributed by atoms with Crippen LogP contribution >= 0.6 is 0 Å². The fourth-order valence-corrected chi connectivity index (χ4v) is 1.85. The molecule has 4 atom stereocenters. The first-order valence-electron chi connectivity index (χ1n) is 6.82. The molecule has 1 aromatic carbocycles. The van der Waals surface area contributed by atoms with Crippen LogP contribution in [0.25, 0.3) is 6.08 Å². The van der Waals surface area contributed by atoms with Crippen LogP contribution in [0.3, 0.4) is 0 Å². The van der Waals surface area contributed by atoms with Crippen LogP contribution < -0.4 is 5.32 Å². The summed E-state index contributed by atoms with van der Waals surface area (Å²) in [6.45, 7) is 3.40. The van der Waals surface area contributed by atoms with E-state index in [1.807, 2.05) is 36.4 Å². The number of aliphatic hydroxyl groups is 4. The standard InChI is InChI=1S/C16H23NO4/c1-2-10-17-13(15(20)16(21)14(19)11-18)9-8-12-6-4-3-5-7-12/h2-9,13-21H,1,10-11H2/b9-8+/t13-,14+,15-,16-/m1/s1. The molecule has 116 valence electrons. The van der Waals surface area contributed by atoms with Gasteiger partial charge in [-0.3, -0.25) is 0 Å². The second-order valence-corrected chi connectivity index (χ2v) is 4.72. The summed E-state index contributed by atoms with van der Waals surface area (Å²) in [6.07, 6.45) is 1.05. The van der Waals surface area contributed by atoms with Crippen molar-refractivity contribution in [1.82, 2.24) is 5.32 Å². The molecule has 5 heteroatoms. The SMILES string of the molecule is C=CCN[C@H](/C=C/c1ccccc1)[C@@H](O)[C@H](O)[C@@H](O)CO. The summed E-state index contributed by atoms with van der Waals surface area (Å²) in [7, 11) is 0. The summed E-state index contributed by atoms with van der Waals surface area (Å²) >= 11 is 0. The zero-order valence-corrected chi connectivity index (χ0v) is 11.8. The molecule has 0 radical (unpaired) electrons. The Bertz CT molecular complexity index is 435. The second-order valence-electron chi connectivity index (χ2n) is 4.72. The Morgan fingerprint density at radius 3 is 2.33 bits per heavy atom. The van der Waals surface area contributed by atoms with Crippen LogP contribution in [0, 0.1) is 0 Å². The molecule has 0 bridgehead atoms. The van der Waals surface area contributed by atoms with Gasteiger partial charge < -0.3 is 25.7 Å². The summed E-state index contributed by atoms with van der Waals surface area (Å²) in [5, 5.41) is 41.2. The normalized spacial score (nSPS) is 17.3. The number of benzene rings is 1. The fraction of sp³-hybridized carbons (Fsp3) is 0.375. The molecule has 0 saturated carbocycles. The van der Waals surface area contributed by atoms with Crippen molar-refractivity contribution in [1.29, 1.82) is 0 Å². The largest absolute Gasteiger partial charge is 0.394 e. The predicted molar refractivity (Wildman–Crippen MR) is 82.6 cm³/mol. The van der Waals surface area contributed by atoms with Gasteiger partial charge in [-0.1, -0.05) is 48.6 Å². The minimum Gasteiger partial charge on any atom is -0.394 e. The molecule has 21 heavy (non-hydrogen) atoms. The summed E-state index contributed by atoms with van der Waals surface area (Å²) in [5.74, 6) is 0. The zero-order chi connectivity index (χ0) is 15.7. The highest BCUT2D eigenvalue weighted by Gasteiger charge is 2.29. The molecule has 0 aliphatic rings. The molecule has 1 aromatic rings. The number of nitrogens with one attached hydrogen (secondary N) is 1. The third kappa shape index (κ3) is 5.79. The first kappa shape index (κ1) is 17.6. The van der Waals surface area contributed by atoms with Crippen molar-refractivity contribution in [3.8, 4) is 0 Å². The van der Waals surface area contributed by atoms with E-state index in [-0.39, 0.29) is 0 Å². The minimum absolute atomic E-state index is 0.433. The van der Waals surface area contributed by atoms with Gasteiger partial charge in [0.25, 0.3) is 0 Å². The van der Waals surface area contributed by atoms with Crippen molar-refractivity contribution >= 4 is 6.08 Å². The lowest BCUT2D eigenvalue weighted by Crippen LogP contribution is -2.50. The molecule has 0 fully saturated rings. The van der Waals surface area contributed by atoms with Gasteiger partial charge in [0.15, 0.2) is 0 Å². The van der Waals surface area contributed by atoms with E-state index in [0.717, 1.165) is 5.56 Å². The topological polar surface area (TPSA) is 93.0 Å². The van der Waals surface area contributed by atoms with Crippen LogP contribution in [0.15, 0.2) is 49.1 Å². The number of aliphatic hydroxyl groups excluding tert-OH is 4.